The molecule has 2 nitrogen and oxygen atoms in total. The summed E-state index contributed by atoms with van der Waals surface area (Å²) in [6.45, 7) is 5.82. The molecule has 1 aliphatic heterocycles. The highest BCUT2D eigenvalue weighted by Crippen LogP contribution is 2.01. The van der Waals surface area contributed by atoms with Crippen LogP contribution in [0, 0.1) is 6.07 Å². The van der Waals surface area contributed by atoms with Gasteiger partial charge in [0.1, 0.15) is 0 Å². The number of benzene rings is 1. The molecule has 14 heavy (non-hydrogen) atoms. The highest BCUT2D eigenvalue weighted by molar-refractivity contribution is 5.13. The van der Waals surface area contributed by atoms with Gasteiger partial charge in [-0.05, 0) is 18.1 Å². The summed E-state index contributed by atoms with van der Waals surface area (Å²) in [6, 6.07) is 11.5. The molecule has 0 atom stereocenters. The SMILES string of the molecule is [c]1ccccc1CCN1CCNCC1. The van der Waals surface area contributed by atoms with Gasteiger partial charge in [-0.1, -0.05) is 24.3 Å². The standard InChI is InChI=1S/C12H17N2/c1-2-4-12(5-3-1)6-9-14-10-7-13-8-11-14/h1-4,13H,6-11H2. The lowest BCUT2D eigenvalue weighted by Gasteiger charge is -2.26. The first kappa shape index (κ1) is 9.69. The summed E-state index contributed by atoms with van der Waals surface area (Å²) in [5.41, 5.74) is 1.33. The van der Waals surface area contributed by atoms with Crippen LogP contribution in [0.2, 0.25) is 0 Å². The van der Waals surface area contributed by atoms with E-state index >= 15 is 0 Å². The molecule has 0 aliphatic carbocycles. The largest absolute Gasteiger partial charge is 0.314 e. The van der Waals surface area contributed by atoms with Crippen LogP contribution in [0.15, 0.2) is 24.3 Å². The molecular formula is C12H17N2. The van der Waals surface area contributed by atoms with Crippen molar-refractivity contribution in [1.29, 1.82) is 0 Å². The summed E-state index contributed by atoms with van der Waals surface area (Å²) < 4.78 is 0. The average molecular weight is 189 g/mol. The van der Waals surface area contributed by atoms with Crippen molar-refractivity contribution in [2.75, 3.05) is 32.7 Å². The quantitative estimate of drug-likeness (QED) is 0.761. The molecule has 0 amide bonds. The Bertz CT molecular complexity index is 252. The fourth-order valence-corrected chi connectivity index (χ4v) is 1.80. The summed E-state index contributed by atoms with van der Waals surface area (Å²) in [6.07, 6.45) is 1.13. The second-order valence-electron chi connectivity index (χ2n) is 3.73. The minimum absolute atomic E-state index is 1.13. The maximum absolute atomic E-state index is 3.36. The zero-order valence-corrected chi connectivity index (χ0v) is 8.50. The van der Waals surface area contributed by atoms with Gasteiger partial charge >= 0.3 is 0 Å². The van der Waals surface area contributed by atoms with Gasteiger partial charge in [0.2, 0.25) is 0 Å². The highest BCUT2D eigenvalue weighted by atomic mass is 15.2. The summed E-state index contributed by atoms with van der Waals surface area (Å²) in [5, 5.41) is 3.36. The highest BCUT2D eigenvalue weighted by Gasteiger charge is 2.08. The number of rotatable bonds is 3. The van der Waals surface area contributed by atoms with E-state index in [0.29, 0.717) is 0 Å². The summed E-state index contributed by atoms with van der Waals surface area (Å²) in [7, 11) is 0. The maximum atomic E-state index is 3.36. The van der Waals surface area contributed by atoms with Crippen molar-refractivity contribution in [2.24, 2.45) is 0 Å². The Labute approximate surface area is 85.9 Å². The number of hydrogen-bond acceptors (Lipinski definition) is 2. The van der Waals surface area contributed by atoms with Crippen molar-refractivity contribution in [1.82, 2.24) is 10.2 Å². The lowest BCUT2D eigenvalue weighted by Crippen LogP contribution is -2.44. The van der Waals surface area contributed by atoms with E-state index in [1.165, 1.54) is 25.2 Å². The first-order chi connectivity index (χ1) is 6.95. The second-order valence-corrected chi connectivity index (χ2v) is 3.73. The minimum atomic E-state index is 1.13. The van der Waals surface area contributed by atoms with Crippen molar-refractivity contribution in [3.05, 3.63) is 35.9 Å². The normalized spacial score (nSPS) is 18.3. The van der Waals surface area contributed by atoms with Crippen LogP contribution >= 0.6 is 0 Å². The van der Waals surface area contributed by atoms with Crippen LogP contribution in [0.5, 0.6) is 0 Å². The molecular weight excluding hydrogens is 172 g/mol. The fraction of sp³-hybridized carbons (Fsp3) is 0.500. The molecule has 1 N–H and O–H groups in total. The molecule has 0 unspecified atom stereocenters. The Morgan fingerprint density at radius 3 is 2.86 bits per heavy atom. The summed E-state index contributed by atoms with van der Waals surface area (Å²) >= 11 is 0. The molecule has 2 heteroatoms. The van der Waals surface area contributed by atoms with E-state index in [2.05, 4.69) is 28.4 Å². The molecule has 1 aromatic rings. The molecule has 0 aromatic heterocycles. The summed E-state index contributed by atoms with van der Waals surface area (Å²) in [4.78, 5) is 2.51. The Kier molecular flexibility index (Phi) is 3.55. The minimum Gasteiger partial charge on any atom is -0.314 e. The molecule has 75 valence electrons. The number of nitrogens with zero attached hydrogens (tertiary/aromatic N) is 1. The second kappa shape index (κ2) is 5.13. The van der Waals surface area contributed by atoms with Gasteiger partial charge in [-0.2, -0.15) is 0 Å². The molecule has 1 aromatic carbocycles. The Hall–Kier alpha value is -0.860. The lowest BCUT2D eigenvalue weighted by atomic mass is 10.1. The van der Waals surface area contributed by atoms with E-state index in [9.17, 15) is 0 Å². The van der Waals surface area contributed by atoms with Gasteiger partial charge in [0, 0.05) is 32.7 Å². The maximum Gasteiger partial charge on any atom is 0.0108 e. The van der Waals surface area contributed by atoms with Crippen molar-refractivity contribution >= 4 is 0 Å². The number of piperazine rings is 1. The molecule has 1 aliphatic rings. The molecule has 1 saturated heterocycles. The van der Waals surface area contributed by atoms with Crippen LogP contribution in [-0.4, -0.2) is 37.6 Å². The molecule has 1 heterocycles. The van der Waals surface area contributed by atoms with Crippen LogP contribution in [0.1, 0.15) is 5.56 Å². The zero-order chi connectivity index (χ0) is 9.64. The topological polar surface area (TPSA) is 15.3 Å². The van der Waals surface area contributed by atoms with Crippen LogP contribution in [0.4, 0.5) is 0 Å². The molecule has 0 spiro atoms. The van der Waals surface area contributed by atoms with Crippen molar-refractivity contribution in [3.63, 3.8) is 0 Å². The van der Waals surface area contributed by atoms with E-state index in [1.54, 1.807) is 0 Å². The zero-order valence-electron chi connectivity index (χ0n) is 8.50. The van der Waals surface area contributed by atoms with Gasteiger partial charge in [-0.15, -0.1) is 0 Å². The molecule has 1 radical (unpaired) electrons. The summed E-state index contributed by atoms with van der Waals surface area (Å²) in [5.74, 6) is 0. The Balaban J connectivity index is 1.76. The van der Waals surface area contributed by atoms with Crippen LogP contribution < -0.4 is 5.32 Å². The Morgan fingerprint density at radius 1 is 1.29 bits per heavy atom. The third kappa shape index (κ3) is 2.82. The average Bonchev–Trinajstić information content (AvgIpc) is 2.29. The van der Waals surface area contributed by atoms with E-state index in [-0.39, 0.29) is 0 Å². The van der Waals surface area contributed by atoms with E-state index in [0.717, 1.165) is 19.5 Å². The van der Waals surface area contributed by atoms with Gasteiger partial charge in [0.25, 0.3) is 0 Å². The predicted molar refractivity (Wildman–Crippen MR) is 58.3 cm³/mol. The van der Waals surface area contributed by atoms with Crippen LogP contribution in [0.25, 0.3) is 0 Å². The predicted octanol–water partition coefficient (Wildman–Crippen LogP) is 0.934. The van der Waals surface area contributed by atoms with Gasteiger partial charge in [0.15, 0.2) is 0 Å². The third-order valence-corrected chi connectivity index (χ3v) is 2.68. The molecule has 0 bridgehead atoms. The first-order valence-corrected chi connectivity index (χ1v) is 5.34. The van der Waals surface area contributed by atoms with Gasteiger partial charge < -0.3 is 10.2 Å². The Morgan fingerprint density at radius 2 is 2.14 bits per heavy atom. The van der Waals surface area contributed by atoms with Crippen molar-refractivity contribution in [3.8, 4) is 0 Å². The van der Waals surface area contributed by atoms with Crippen molar-refractivity contribution < 1.29 is 0 Å². The smallest absolute Gasteiger partial charge is 0.0108 e. The van der Waals surface area contributed by atoms with E-state index in [1.807, 2.05) is 12.1 Å². The van der Waals surface area contributed by atoms with Gasteiger partial charge in [0.05, 0.1) is 0 Å². The lowest BCUT2D eigenvalue weighted by molar-refractivity contribution is 0.244. The first-order valence-electron chi connectivity index (χ1n) is 5.34. The fourth-order valence-electron chi connectivity index (χ4n) is 1.80. The van der Waals surface area contributed by atoms with Crippen LogP contribution in [-0.2, 0) is 6.42 Å². The van der Waals surface area contributed by atoms with Gasteiger partial charge in [-0.3, -0.25) is 0 Å². The molecule has 2 rings (SSSR count). The van der Waals surface area contributed by atoms with E-state index < -0.39 is 0 Å². The number of hydrogen-bond donors (Lipinski definition) is 1. The molecule has 1 fully saturated rings. The third-order valence-electron chi connectivity index (χ3n) is 2.68. The van der Waals surface area contributed by atoms with Gasteiger partial charge in [-0.25, -0.2) is 0 Å². The molecule has 0 saturated carbocycles. The van der Waals surface area contributed by atoms with Crippen LogP contribution in [0.3, 0.4) is 0 Å². The van der Waals surface area contributed by atoms with Crippen molar-refractivity contribution in [2.45, 2.75) is 6.42 Å². The van der Waals surface area contributed by atoms with E-state index in [4.69, 9.17) is 0 Å². The number of nitrogens with one attached hydrogen (secondary N) is 1. The monoisotopic (exact) mass is 189 g/mol.